The molecule has 1 aliphatic carbocycles. The molecule has 1 saturated heterocycles. The molecular formula is C16H23BrN2. The van der Waals surface area contributed by atoms with E-state index in [9.17, 15) is 0 Å². The van der Waals surface area contributed by atoms with Gasteiger partial charge in [-0.2, -0.15) is 0 Å². The standard InChI is InChI=1S/C16H23BrN2/c1-12-6-8-19(9-7-12)16-5-2-14(17)10-13(16)11-18-15-3-4-15/h2,5,10,12,15,18H,3-4,6-9,11H2,1H3. The molecule has 0 spiro atoms. The lowest BCUT2D eigenvalue weighted by Gasteiger charge is -2.33. The Hall–Kier alpha value is -0.540. The zero-order chi connectivity index (χ0) is 13.2. The van der Waals surface area contributed by atoms with Crippen molar-refractivity contribution in [3.8, 4) is 0 Å². The number of hydrogen-bond donors (Lipinski definition) is 1. The fourth-order valence-electron chi connectivity index (χ4n) is 2.80. The monoisotopic (exact) mass is 322 g/mol. The van der Waals surface area contributed by atoms with E-state index in [0.717, 1.165) is 18.5 Å². The molecule has 1 aliphatic heterocycles. The van der Waals surface area contributed by atoms with E-state index in [-0.39, 0.29) is 0 Å². The number of halogens is 1. The summed E-state index contributed by atoms with van der Waals surface area (Å²) >= 11 is 3.61. The van der Waals surface area contributed by atoms with E-state index < -0.39 is 0 Å². The van der Waals surface area contributed by atoms with Crippen LogP contribution in [0.3, 0.4) is 0 Å². The predicted molar refractivity (Wildman–Crippen MR) is 84.6 cm³/mol. The van der Waals surface area contributed by atoms with Gasteiger partial charge in [-0.1, -0.05) is 22.9 Å². The van der Waals surface area contributed by atoms with Gasteiger partial charge in [0.25, 0.3) is 0 Å². The quantitative estimate of drug-likeness (QED) is 0.903. The minimum absolute atomic E-state index is 0.771. The lowest BCUT2D eigenvalue weighted by atomic mass is 9.98. The molecule has 0 radical (unpaired) electrons. The number of nitrogens with zero attached hydrogens (tertiary/aromatic N) is 1. The third-order valence-electron chi connectivity index (χ3n) is 4.32. The molecule has 0 aromatic heterocycles. The summed E-state index contributed by atoms with van der Waals surface area (Å²) in [7, 11) is 0. The normalized spacial score (nSPS) is 20.8. The Labute approximate surface area is 124 Å². The van der Waals surface area contributed by atoms with E-state index in [1.165, 1.54) is 54.5 Å². The molecule has 2 fully saturated rings. The van der Waals surface area contributed by atoms with Crippen molar-refractivity contribution in [2.75, 3.05) is 18.0 Å². The van der Waals surface area contributed by atoms with E-state index in [1.807, 2.05) is 0 Å². The minimum atomic E-state index is 0.771. The molecule has 0 amide bonds. The third-order valence-corrected chi connectivity index (χ3v) is 4.82. The van der Waals surface area contributed by atoms with Gasteiger partial charge < -0.3 is 10.2 Å². The van der Waals surface area contributed by atoms with Crippen molar-refractivity contribution in [1.29, 1.82) is 0 Å². The molecule has 2 aliphatic rings. The zero-order valence-electron chi connectivity index (χ0n) is 11.7. The number of piperidine rings is 1. The number of nitrogens with one attached hydrogen (secondary N) is 1. The molecule has 1 heterocycles. The molecule has 0 bridgehead atoms. The second kappa shape index (κ2) is 5.84. The molecule has 0 atom stereocenters. The molecule has 2 nitrogen and oxygen atoms in total. The van der Waals surface area contributed by atoms with Crippen molar-refractivity contribution in [2.24, 2.45) is 5.92 Å². The van der Waals surface area contributed by atoms with Crippen molar-refractivity contribution < 1.29 is 0 Å². The fraction of sp³-hybridized carbons (Fsp3) is 0.625. The Morgan fingerprint density at radius 1 is 1.21 bits per heavy atom. The summed E-state index contributed by atoms with van der Waals surface area (Å²) in [4.78, 5) is 2.57. The van der Waals surface area contributed by atoms with Crippen molar-refractivity contribution >= 4 is 21.6 Å². The number of rotatable bonds is 4. The van der Waals surface area contributed by atoms with Crippen LogP contribution in [0.15, 0.2) is 22.7 Å². The lowest BCUT2D eigenvalue weighted by molar-refractivity contribution is 0.437. The van der Waals surface area contributed by atoms with Crippen LogP contribution in [-0.4, -0.2) is 19.1 Å². The van der Waals surface area contributed by atoms with E-state index in [4.69, 9.17) is 0 Å². The van der Waals surface area contributed by atoms with Crippen LogP contribution in [0.4, 0.5) is 5.69 Å². The maximum absolute atomic E-state index is 3.64. The SMILES string of the molecule is CC1CCN(c2ccc(Br)cc2CNC2CC2)CC1. The molecule has 104 valence electrons. The highest BCUT2D eigenvalue weighted by atomic mass is 79.9. The summed E-state index contributed by atoms with van der Waals surface area (Å²) in [6.07, 6.45) is 5.35. The Morgan fingerprint density at radius 2 is 1.95 bits per heavy atom. The van der Waals surface area contributed by atoms with E-state index in [1.54, 1.807) is 0 Å². The summed E-state index contributed by atoms with van der Waals surface area (Å²) in [5.74, 6) is 0.889. The van der Waals surface area contributed by atoms with Crippen molar-refractivity contribution in [3.05, 3.63) is 28.2 Å². The van der Waals surface area contributed by atoms with Gasteiger partial charge in [0.15, 0.2) is 0 Å². The van der Waals surface area contributed by atoms with Gasteiger partial charge in [0.05, 0.1) is 0 Å². The highest BCUT2D eigenvalue weighted by Gasteiger charge is 2.22. The third kappa shape index (κ3) is 3.51. The van der Waals surface area contributed by atoms with E-state index in [2.05, 4.69) is 51.3 Å². The first-order valence-electron chi connectivity index (χ1n) is 7.49. The van der Waals surface area contributed by atoms with Gasteiger partial charge in [-0.25, -0.2) is 0 Å². The molecule has 19 heavy (non-hydrogen) atoms. The number of benzene rings is 1. The molecule has 1 saturated carbocycles. The summed E-state index contributed by atoms with van der Waals surface area (Å²) in [6, 6.07) is 7.51. The van der Waals surface area contributed by atoms with Crippen LogP contribution in [-0.2, 0) is 6.54 Å². The van der Waals surface area contributed by atoms with Crippen molar-refractivity contribution in [2.45, 2.75) is 45.2 Å². The Bertz CT molecular complexity index is 434. The number of anilines is 1. The van der Waals surface area contributed by atoms with Gasteiger partial charge in [0.1, 0.15) is 0 Å². The van der Waals surface area contributed by atoms with E-state index in [0.29, 0.717) is 0 Å². The van der Waals surface area contributed by atoms with Gasteiger partial charge in [-0.15, -0.1) is 0 Å². The van der Waals surface area contributed by atoms with Gasteiger partial charge >= 0.3 is 0 Å². The average molecular weight is 323 g/mol. The van der Waals surface area contributed by atoms with Crippen LogP contribution in [0.5, 0.6) is 0 Å². The van der Waals surface area contributed by atoms with E-state index >= 15 is 0 Å². The molecule has 0 unspecified atom stereocenters. The predicted octanol–water partition coefficient (Wildman–Crippen LogP) is 3.94. The summed E-state index contributed by atoms with van der Waals surface area (Å²) in [6.45, 7) is 5.79. The maximum Gasteiger partial charge on any atom is 0.0412 e. The summed E-state index contributed by atoms with van der Waals surface area (Å²) in [5, 5.41) is 3.64. The second-order valence-corrected chi connectivity index (χ2v) is 7.01. The van der Waals surface area contributed by atoms with Crippen LogP contribution in [0.2, 0.25) is 0 Å². The Morgan fingerprint density at radius 3 is 2.63 bits per heavy atom. The first-order valence-corrected chi connectivity index (χ1v) is 8.28. The Kier molecular flexibility index (Phi) is 4.13. The van der Waals surface area contributed by atoms with Crippen LogP contribution >= 0.6 is 15.9 Å². The first kappa shape index (κ1) is 13.4. The van der Waals surface area contributed by atoms with Gasteiger partial charge in [0.2, 0.25) is 0 Å². The highest BCUT2D eigenvalue weighted by Crippen LogP contribution is 2.29. The summed E-state index contributed by atoms with van der Waals surface area (Å²) in [5.41, 5.74) is 2.87. The smallest absolute Gasteiger partial charge is 0.0412 e. The molecule has 1 aromatic carbocycles. The summed E-state index contributed by atoms with van der Waals surface area (Å²) < 4.78 is 1.19. The second-order valence-electron chi connectivity index (χ2n) is 6.10. The Balaban J connectivity index is 1.74. The van der Waals surface area contributed by atoms with Crippen molar-refractivity contribution in [3.63, 3.8) is 0 Å². The van der Waals surface area contributed by atoms with Gasteiger partial charge in [-0.3, -0.25) is 0 Å². The topological polar surface area (TPSA) is 15.3 Å². The minimum Gasteiger partial charge on any atom is -0.371 e. The molecule has 3 rings (SSSR count). The molecule has 3 heteroatoms. The van der Waals surface area contributed by atoms with Crippen molar-refractivity contribution in [1.82, 2.24) is 5.32 Å². The zero-order valence-corrected chi connectivity index (χ0v) is 13.2. The molecular weight excluding hydrogens is 300 g/mol. The molecule has 1 N–H and O–H groups in total. The maximum atomic E-state index is 3.64. The highest BCUT2D eigenvalue weighted by molar-refractivity contribution is 9.10. The number of hydrogen-bond acceptors (Lipinski definition) is 2. The van der Waals surface area contributed by atoms with Gasteiger partial charge in [-0.05, 0) is 55.4 Å². The lowest BCUT2D eigenvalue weighted by Crippen LogP contribution is -2.34. The molecule has 1 aromatic rings. The average Bonchev–Trinajstić information content (AvgIpc) is 3.22. The fourth-order valence-corrected chi connectivity index (χ4v) is 3.20. The van der Waals surface area contributed by atoms with Gasteiger partial charge in [0, 0.05) is 35.8 Å². The van der Waals surface area contributed by atoms with Crippen LogP contribution in [0.25, 0.3) is 0 Å². The van der Waals surface area contributed by atoms with Crippen LogP contribution in [0, 0.1) is 5.92 Å². The largest absolute Gasteiger partial charge is 0.371 e. The van der Waals surface area contributed by atoms with Crippen LogP contribution in [0.1, 0.15) is 38.2 Å². The first-order chi connectivity index (χ1) is 9.22. The van der Waals surface area contributed by atoms with Crippen LogP contribution < -0.4 is 10.2 Å².